The van der Waals surface area contributed by atoms with E-state index in [1.54, 1.807) is 29.3 Å². The summed E-state index contributed by atoms with van der Waals surface area (Å²) in [4.78, 5) is 23.9. The number of morpholine rings is 1. The Kier molecular flexibility index (Phi) is 5.60. The van der Waals surface area contributed by atoms with Crippen molar-refractivity contribution in [3.63, 3.8) is 0 Å². The molecule has 1 aromatic carbocycles. The minimum absolute atomic E-state index is 0.0604. The fourth-order valence-corrected chi connectivity index (χ4v) is 3.89. The standard InChI is InChI=1S/C24H24N4O4/c1-16-12-18(27-23-4-2-3-7-25-23)14-19(26-16)22-15-28(8-9-30-22)24(29)17-5-6-20-21(13-17)32-11-10-31-20/h2-7,12-14,22H,8-11,15H2,1H3,(H,25,26,27)/t22-/m1/s1. The van der Waals surface area contributed by atoms with Gasteiger partial charge in [-0.2, -0.15) is 0 Å². The third-order valence-electron chi connectivity index (χ3n) is 5.38. The second-order valence-corrected chi connectivity index (χ2v) is 7.73. The van der Waals surface area contributed by atoms with Gasteiger partial charge in [0.25, 0.3) is 5.91 Å². The largest absolute Gasteiger partial charge is 0.486 e. The summed E-state index contributed by atoms with van der Waals surface area (Å²) >= 11 is 0. The number of rotatable bonds is 4. The molecule has 5 rings (SSSR count). The Morgan fingerprint density at radius 3 is 2.78 bits per heavy atom. The maximum absolute atomic E-state index is 13.2. The van der Waals surface area contributed by atoms with Crippen LogP contribution in [0.4, 0.5) is 11.5 Å². The van der Waals surface area contributed by atoms with E-state index in [9.17, 15) is 4.79 Å². The number of hydrogen-bond acceptors (Lipinski definition) is 7. The van der Waals surface area contributed by atoms with Crippen LogP contribution in [-0.2, 0) is 4.74 Å². The van der Waals surface area contributed by atoms with Gasteiger partial charge in [0.1, 0.15) is 25.1 Å². The Hall–Kier alpha value is -3.65. The molecule has 0 aliphatic carbocycles. The number of aryl methyl sites for hydroxylation is 1. The SMILES string of the molecule is Cc1cc(Nc2ccccn2)cc([C@H]2CN(C(=O)c3ccc4c(c3)OCCO4)CCO2)n1. The lowest BCUT2D eigenvalue weighted by Crippen LogP contribution is -2.42. The zero-order valence-electron chi connectivity index (χ0n) is 17.8. The third-order valence-corrected chi connectivity index (χ3v) is 5.38. The van der Waals surface area contributed by atoms with E-state index < -0.39 is 0 Å². The number of pyridine rings is 2. The molecule has 164 valence electrons. The van der Waals surface area contributed by atoms with Gasteiger partial charge in [-0.1, -0.05) is 6.07 Å². The van der Waals surface area contributed by atoms with Crippen LogP contribution in [0.3, 0.4) is 0 Å². The van der Waals surface area contributed by atoms with Crippen molar-refractivity contribution < 1.29 is 19.0 Å². The topological polar surface area (TPSA) is 85.8 Å². The number of amides is 1. The van der Waals surface area contributed by atoms with Crippen molar-refractivity contribution in [2.24, 2.45) is 0 Å². The molecule has 1 amide bonds. The van der Waals surface area contributed by atoms with Crippen LogP contribution < -0.4 is 14.8 Å². The molecule has 4 heterocycles. The van der Waals surface area contributed by atoms with Gasteiger partial charge < -0.3 is 24.4 Å². The van der Waals surface area contributed by atoms with Gasteiger partial charge in [-0.25, -0.2) is 4.98 Å². The van der Waals surface area contributed by atoms with Crippen molar-refractivity contribution in [3.05, 3.63) is 71.7 Å². The average molecular weight is 432 g/mol. The lowest BCUT2D eigenvalue weighted by atomic mass is 10.1. The number of benzene rings is 1. The molecule has 32 heavy (non-hydrogen) atoms. The maximum Gasteiger partial charge on any atom is 0.254 e. The average Bonchev–Trinajstić information content (AvgIpc) is 2.83. The zero-order chi connectivity index (χ0) is 21.9. The van der Waals surface area contributed by atoms with E-state index in [2.05, 4.69) is 15.3 Å². The lowest BCUT2D eigenvalue weighted by molar-refractivity contribution is -0.0247. The monoisotopic (exact) mass is 432 g/mol. The van der Waals surface area contributed by atoms with Crippen LogP contribution in [0.5, 0.6) is 11.5 Å². The van der Waals surface area contributed by atoms with Gasteiger partial charge in [0.2, 0.25) is 0 Å². The Balaban J connectivity index is 1.33. The number of aromatic nitrogens is 2. The summed E-state index contributed by atoms with van der Waals surface area (Å²) in [6.07, 6.45) is 1.43. The number of carbonyl (C=O) groups excluding carboxylic acids is 1. The molecule has 3 aromatic rings. The molecule has 2 aliphatic rings. The van der Waals surface area contributed by atoms with Crippen molar-refractivity contribution in [2.45, 2.75) is 13.0 Å². The molecule has 1 saturated heterocycles. The second-order valence-electron chi connectivity index (χ2n) is 7.73. The second kappa shape index (κ2) is 8.84. The molecular formula is C24H24N4O4. The van der Waals surface area contributed by atoms with Gasteiger partial charge in [-0.3, -0.25) is 9.78 Å². The first-order valence-electron chi connectivity index (χ1n) is 10.6. The van der Waals surface area contributed by atoms with Crippen molar-refractivity contribution >= 4 is 17.4 Å². The van der Waals surface area contributed by atoms with Crippen molar-refractivity contribution in [1.29, 1.82) is 0 Å². The molecule has 8 nitrogen and oxygen atoms in total. The third kappa shape index (κ3) is 4.36. The number of ether oxygens (including phenoxy) is 3. The van der Waals surface area contributed by atoms with E-state index in [-0.39, 0.29) is 12.0 Å². The Morgan fingerprint density at radius 1 is 1.06 bits per heavy atom. The summed E-state index contributed by atoms with van der Waals surface area (Å²) in [5.41, 5.74) is 3.10. The first-order chi connectivity index (χ1) is 15.7. The van der Waals surface area contributed by atoms with E-state index in [1.165, 1.54) is 0 Å². The van der Waals surface area contributed by atoms with Crippen LogP contribution in [0.15, 0.2) is 54.7 Å². The van der Waals surface area contributed by atoms with Gasteiger partial charge in [-0.15, -0.1) is 0 Å². The molecular weight excluding hydrogens is 408 g/mol. The van der Waals surface area contributed by atoms with Crippen LogP contribution in [0.1, 0.15) is 27.8 Å². The summed E-state index contributed by atoms with van der Waals surface area (Å²) in [6, 6.07) is 14.9. The van der Waals surface area contributed by atoms with Crippen LogP contribution in [-0.4, -0.2) is 53.7 Å². The quantitative estimate of drug-likeness (QED) is 0.675. The van der Waals surface area contributed by atoms with Crippen molar-refractivity contribution in [2.75, 3.05) is 38.2 Å². The highest BCUT2D eigenvalue weighted by Gasteiger charge is 2.28. The number of nitrogens with one attached hydrogen (secondary N) is 1. The highest BCUT2D eigenvalue weighted by molar-refractivity contribution is 5.95. The fourth-order valence-electron chi connectivity index (χ4n) is 3.89. The minimum atomic E-state index is -0.311. The predicted molar refractivity (Wildman–Crippen MR) is 119 cm³/mol. The molecule has 8 heteroatoms. The van der Waals surface area contributed by atoms with Gasteiger partial charge in [0, 0.05) is 29.7 Å². The fraction of sp³-hybridized carbons (Fsp3) is 0.292. The number of anilines is 2. The van der Waals surface area contributed by atoms with E-state index in [4.69, 9.17) is 14.2 Å². The van der Waals surface area contributed by atoms with Crippen molar-refractivity contribution in [1.82, 2.24) is 14.9 Å². The van der Waals surface area contributed by atoms with Crippen LogP contribution in [0.25, 0.3) is 0 Å². The molecule has 0 radical (unpaired) electrons. The Labute approximate surface area is 186 Å². The summed E-state index contributed by atoms with van der Waals surface area (Å²) in [5, 5.41) is 3.30. The minimum Gasteiger partial charge on any atom is -0.486 e. The number of hydrogen-bond donors (Lipinski definition) is 1. The van der Waals surface area contributed by atoms with E-state index >= 15 is 0 Å². The van der Waals surface area contributed by atoms with E-state index in [0.29, 0.717) is 50.0 Å². The van der Waals surface area contributed by atoms with E-state index in [1.807, 2.05) is 37.3 Å². The van der Waals surface area contributed by atoms with Gasteiger partial charge in [-0.05, 0) is 49.4 Å². The molecule has 2 aromatic heterocycles. The van der Waals surface area contributed by atoms with Crippen LogP contribution in [0, 0.1) is 6.92 Å². The highest BCUT2D eigenvalue weighted by atomic mass is 16.6. The molecule has 0 bridgehead atoms. The van der Waals surface area contributed by atoms with E-state index in [0.717, 1.165) is 22.9 Å². The summed E-state index contributed by atoms with van der Waals surface area (Å²) in [7, 11) is 0. The van der Waals surface area contributed by atoms with Crippen LogP contribution >= 0.6 is 0 Å². The molecule has 1 fully saturated rings. The normalized spacial score (nSPS) is 17.7. The Bertz CT molecular complexity index is 1120. The summed E-state index contributed by atoms with van der Waals surface area (Å²) in [5.74, 6) is 1.97. The lowest BCUT2D eigenvalue weighted by Gasteiger charge is -2.33. The number of nitrogens with zero attached hydrogens (tertiary/aromatic N) is 3. The maximum atomic E-state index is 13.2. The number of carbonyl (C=O) groups is 1. The summed E-state index contributed by atoms with van der Waals surface area (Å²) in [6.45, 7) is 4.33. The molecule has 0 unspecified atom stereocenters. The number of fused-ring (bicyclic) bond motifs is 1. The summed E-state index contributed by atoms with van der Waals surface area (Å²) < 4.78 is 17.2. The molecule has 1 atom stereocenters. The van der Waals surface area contributed by atoms with Crippen molar-refractivity contribution in [3.8, 4) is 11.5 Å². The highest BCUT2D eigenvalue weighted by Crippen LogP contribution is 2.32. The predicted octanol–water partition coefficient (Wildman–Crippen LogP) is 3.51. The molecule has 0 saturated carbocycles. The first-order valence-corrected chi connectivity index (χ1v) is 10.6. The molecule has 0 spiro atoms. The van der Waals surface area contributed by atoms with Gasteiger partial charge >= 0.3 is 0 Å². The smallest absolute Gasteiger partial charge is 0.254 e. The first kappa shape index (κ1) is 20.3. The molecule has 2 aliphatic heterocycles. The van der Waals surface area contributed by atoms with Gasteiger partial charge in [0.05, 0.1) is 18.8 Å². The zero-order valence-corrected chi connectivity index (χ0v) is 17.8. The molecule has 1 N–H and O–H groups in total. The van der Waals surface area contributed by atoms with Crippen LogP contribution in [0.2, 0.25) is 0 Å². The van der Waals surface area contributed by atoms with Gasteiger partial charge in [0.15, 0.2) is 11.5 Å². The Morgan fingerprint density at radius 2 is 1.94 bits per heavy atom.